The molecule has 1 aromatic heterocycles. The van der Waals surface area contributed by atoms with Crippen LogP contribution in [0, 0.1) is 11.3 Å². The Morgan fingerprint density at radius 3 is 2.32 bits per heavy atom. The molecule has 19 heteroatoms. The lowest BCUT2D eigenvalue weighted by molar-refractivity contribution is -0.138. The maximum Gasteiger partial charge on any atom is 0.419 e. The number of aromatic nitrogens is 1. The van der Waals surface area contributed by atoms with Gasteiger partial charge < -0.3 is 19.9 Å². The van der Waals surface area contributed by atoms with Crippen LogP contribution in [0.25, 0.3) is 0 Å². The number of piperazine rings is 1. The Morgan fingerprint density at radius 2 is 1.71 bits per heavy atom. The minimum absolute atomic E-state index is 0. The van der Waals surface area contributed by atoms with Gasteiger partial charge in [0.2, 0.25) is 17.7 Å². The van der Waals surface area contributed by atoms with Crippen molar-refractivity contribution in [3.05, 3.63) is 53.3 Å². The topological polar surface area (TPSA) is 168 Å². The van der Waals surface area contributed by atoms with Gasteiger partial charge in [0.25, 0.3) is 5.91 Å². The highest BCUT2D eigenvalue weighted by Gasteiger charge is 2.55. The van der Waals surface area contributed by atoms with Gasteiger partial charge in [0.1, 0.15) is 11.6 Å². The summed E-state index contributed by atoms with van der Waals surface area (Å²) in [5.41, 5.74) is -1.77. The summed E-state index contributed by atoms with van der Waals surface area (Å²) in [5, 5.41) is 14.4. The number of halogens is 4. The lowest BCUT2D eigenvalue weighted by Crippen LogP contribution is -2.58. The monoisotopic (exact) mass is 862 g/mol. The number of rotatable bonds is 12. The molecule has 4 heterocycles. The maximum absolute atomic E-state index is 13.6. The molecule has 4 aliphatic rings. The molecule has 1 aliphatic carbocycles. The molecule has 14 nitrogen and oxygen atoms in total. The third-order valence-electron chi connectivity index (χ3n) is 11.5. The number of carbonyl (C=O) groups excluding carboxylic acids is 5. The molecule has 6 rings (SSSR count). The number of ether oxygens (including phenoxy) is 1. The fourth-order valence-electron chi connectivity index (χ4n) is 8.52. The minimum Gasteiger partial charge on any atom is -0.378 e. The second kappa shape index (κ2) is 19.0. The third kappa shape index (κ3) is 10.5. The molecule has 6 amide bonds. The van der Waals surface area contributed by atoms with Crippen LogP contribution in [0.2, 0.25) is 0 Å². The zero-order valence-corrected chi connectivity index (χ0v) is 35.1. The first-order chi connectivity index (χ1) is 27.5. The van der Waals surface area contributed by atoms with Crippen molar-refractivity contribution in [2.24, 2.45) is 0 Å². The average Bonchev–Trinajstić information content (AvgIpc) is 3.33. The van der Waals surface area contributed by atoms with Gasteiger partial charge in [-0.25, -0.2) is 9.78 Å². The first-order valence-corrected chi connectivity index (χ1v) is 20.4. The molecule has 0 radical (unpaired) electrons. The zero-order valence-electron chi connectivity index (χ0n) is 33.4. The highest BCUT2D eigenvalue weighted by atomic mass is 35.5. The SMILES string of the molecule is C[C@@H]1CN(CCCOC2CCC(N3C(=O)N(Sc4cnc(C#N)c(C(F)(F)F)c4)C(=O)C3(C)C)CC2)C[C@H](C)N1CC(=O)Nc1ccc(C2CCC(=O)NC2=O)cc1.Cl. The number of benzene rings is 1. The molecule has 3 atom stereocenters. The molecule has 1 aromatic carbocycles. The van der Waals surface area contributed by atoms with Gasteiger partial charge in [-0.05, 0) is 90.0 Å². The summed E-state index contributed by atoms with van der Waals surface area (Å²) in [6.45, 7) is 10.8. The van der Waals surface area contributed by atoms with Gasteiger partial charge in [0.15, 0.2) is 5.69 Å². The molecule has 320 valence electrons. The third-order valence-corrected chi connectivity index (χ3v) is 12.4. The zero-order chi connectivity index (χ0) is 41.9. The van der Waals surface area contributed by atoms with Crippen LogP contribution in [0.4, 0.5) is 23.7 Å². The van der Waals surface area contributed by atoms with Gasteiger partial charge in [-0.1, -0.05) is 12.1 Å². The Labute approximate surface area is 352 Å². The van der Waals surface area contributed by atoms with Gasteiger partial charge in [-0.3, -0.25) is 29.4 Å². The maximum atomic E-state index is 13.6. The predicted molar refractivity (Wildman–Crippen MR) is 214 cm³/mol. The standard InChI is InChI=1S/C40H49F3N8O6S.ClH/c1-24-21-48(22-25(2)49(24)23-35(53)46-27-8-6-26(7-9-27)31-14-15-34(52)47-36(31)54)16-5-17-57-29-12-10-28(11-13-29)50-38(56)51(37(55)39(50,3)4)58-30-18-32(40(41,42)43)33(19-44)45-20-30;/h6-9,18,20,24-25,28-29,31H,5,10-17,21-23H2,1-4H3,(H,46,53)(H,47,52,54);1H/t24-,25+,28?,29?,31?;. The predicted octanol–water partition coefficient (Wildman–Crippen LogP) is 5.72. The lowest BCUT2D eigenvalue weighted by atomic mass is 9.89. The summed E-state index contributed by atoms with van der Waals surface area (Å²) >= 11 is 0.575. The summed E-state index contributed by atoms with van der Waals surface area (Å²) in [7, 11) is 0. The number of pyridine rings is 1. The lowest BCUT2D eigenvalue weighted by Gasteiger charge is -2.44. The summed E-state index contributed by atoms with van der Waals surface area (Å²) in [6.07, 6.45) is 0.442. The van der Waals surface area contributed by atoms with E-state index in [0.29, 0.717) is 62.8 Å². The highest BCUT2D eigenvalue weighted by Crippen LogP contribution is 2.41. The van der Waals surface area contributed by atoms with E-state index in [-0.39, 0.29) is 71.7 Å². The van der Waals surface area contributed by atoms with Crippen molar-refractivity contribution in [1.29, 1.82) is 5.26 Å². The normalized spacial score (nSPS) is 25.4. The number of anilines is 1. The van der Waals surface area contributed by atoms with E-state index in [9.17, 15) is 37.1 Å². The van der Waals surface area contributed by atoms with Gasteiger partial charge >= 0.3 is 12.2 Å². The minimum atomic E-state index is -4.82. The van der Waals surface area contributed by atoms with Crippen LogP contribution >= 0.6 is 24.4 Å². The molecule has 3 aliphatic heterocycles. The number of urea groups is 1. The largest absolute Gasteiger partial charge is 0.419 e. The van der Waals surface area contributed by atoms with E-state index in [1.54, 1.807) is 26.0 Å². The molecule has 2 aromatic rings. The van der Waals surface area contributed by atoms with Gasteiger partial charge in [0, 0.05) is 79.5 Å². The van der Waals surface area contributed by atoms with Gasteiger partial charge in [-0.15, -0.1) is 12.4 Å². The first kappa shape index (κ1) is 45.8. The number of carbonyl (C=O) groups is 5. The van der Waals surface area contributed by atoms with Crippen LogP contribution in [-0.4, -0.2) is 116 Å². The van der Waals surface area contributed by atoms with E-state index in [0.717, 1.165) is 48.2 Å². The van der Waals surface area contributed by atoms with Crippen molar-refractivity contribution in [2.75, 3.05) is 38.1 Å². The van der Waals surface area contributed by atoms with Crippen molar-refractivity contribution in [3.63, 3.8) is 0 Å². The number of nitriles is 1. The van der Waals surface area contributed by atoms with Crippen LogP contribution in [0.5, 0.6) is 0 Å². The quantitative estimate of drug-likeness (QED) is 0.116. The Balaban J connectivity index is 0.00000661. The van der Waals surface area contributed by atoms with Gasteiger partial charge in [0.05, 0.1) is 24.1 Å². The number of nitrogens with zero attached hydrogens (tertiary/aromatic N) is 6. The van der Waals surface area contributed by atoms with Crippen molar-refractivity contribution in [3.8, 4) is 6.07 Å². The fourth-order valence-corrected chi connectivity index (χ4v) is 9.47. The van der Waals surface area contributed by atoms with E-state index in [2.05, 4.69) is 39.3 Å². The first-order valence-electron chi connectivity index (χ1n) is 19.6. The second-order valence-electron chi connectivity index (χ2n) is 16.0. The number of piperidine rings is 1. The molecule has 1 saturated carbocycles. The van der Waals surface area contributed by atoms with E-state index in [4.69, 9.17) is 10.00 Å². The van der Waals surface area contributed by atoms with Crippen molar-refractivity contribution in [1.82, 2.24) is 29.3 Å². The number of alkyl halides is 3. The summed E-state index contributed by atoms with van der Waals surface area (Å²) in [5.74, 6) is -1.59. The van der Waals surface area contributed by atoms with Crippen LogP contribution in [0.15, 0.2) is 41.4 Å². The van der Waals surface area contributed by atoms with E-state index in [1.807, 2.05) is 12.1 Å². The van der Waals surface area contributed by atoms with E-state index >= 15 is 0 Å². The van der Waals surface area contributed by atoms with Crippen LogP contribution in [0.3, 0.4) is 0 Å². The van der Waals surface area contributed by atoms with Crippen LogP contribution < -0.4 is 10.6 Å². The van der Waals surface area contributed by atoms with Crippen LogP contribution in [0.1, 0.15) is 95.4 Å². The fraction of sp³-hybridized carbons (Fsp3) is 0.575. The molecule has 0 bridgehead atoms. The second-order valence-corrected chi connectivity index (χ2v) is 17.1. The molecule has 1 unspecified atom stereocenters. The molecular formula is C40H50ClF3N8O6S. The number of hydrogen-bond acceptors (Lipinski definition) is 11. The molecule has 0 spiro atoms. The van der Waals surface area contributed by atoms with Crippen molar-refractivity contribution in [2.45, 2.75) is 119 Å². The van der Waals surface area contributed by atoms with Crippen molar-refractivity contribution < 1.29 is 41.9 Å². The molecular weight excluding hydrogens is 813 g/mol. The number of amides is 6. The Morgan fingerprint density at radius 1 is 1.05 bits per heavy atom. The summed E-state index contributed by atoms with van der Waals surface area (Å²) in [6, 6.07) is 8.81. The summed E-state index contributed by atoms with van der Waals surface area (Å²) < 4.78 is 47.7. The molecule has 4 fully saturated rings. The summed E-state index contributed by atoms with van der Waals surface area (Å²) in [4.78, 5) is 73.3. The number of hydrogen-bond donors (Lipinski definition) is 2. The molecule has 59 heavy (non-hydrogen) atoms. The van der Waals surface area contributed by atoms with Crippen LogP contribution in [-0.2, 0) is 30.1 Å². The van der Waals surface area contributed by atoms with E-state index in [1.165, 1.54) is 11.0 Å². The smallest absolute Gasteiger partial charge is 0.378 e. The Kier molecular flexibility index (Phi) is 14.7. The number of nitrogens with one attached hydrogen (secondary N) is 2. The Hall–Kier alpha value is -4.28. The Bertz CT molecular complexity index is 1930. The molecule has 3 saturated heterocycles. The van der Waals surface area contributed by atoms with E-state index < -0.39 is 34.9 Å². The number of imide groups is 2. The van der Waals surface area contributed by atoms with Gasteiger partial charge in [-0.2, -0.15) is 22.7 Å². The highest BCUT2D eigenvalue weighted by molar-refractivity contribution is 7.98. The molecule has 2 N–H and O–H groups in total. The average molecular weight is 863 g/mol. The van der Waals surface area contributed by atoms with Crippen molar-refractivity contribution >= 4 is 59.7 Å².